The van der Waals surface area contributed by atoms with Crippen molar-refractivity contribution in [3.8, 4) is 5.75 Å². The summed E-state index contributed by atoms with van der Waals surface area (Å²) in [5.74, 6) is 0.576. The van der Waals surface area contributed by atoms with Crippen molar-refractivity contribution in [3.63, 3.8) is 0 Å². The maximum absolute atomic E-state index is 12.3. The van der Waals surface area contributed by atoms with E-state index in [1.165, 1.54) is 0 Å². The fraction of sp³-hybridized carbons (Fsp3) is 0.538. The smallest absolute Gasteiger partial charge is 0.240 e. The van der Waals surface area contributed by atoms with Crippen LogP contribution in [0, 0.1) is 0 Å². The maximum atomic E-state index is 12.3. The summed E-state index contributed by atoms with van der Waals surface area (Å²) in [7, 11) is -3.47. The second-order valence-corrected chi connectivity index (χ2v) is 6.29. The summed E-state index contributed by atoms with van der Waals surface area (Å²) in [6.07, 6.45) is 1.86. The molecule has 1 heterocycles. The van der Waals surface area contributed by atoms with Crippen molar-refractivity contribution in [2.75, 3.05) is 19.7 Å². The Bertz CT molecular complexity index is 516. The summed E-state index contributed by atoms with van der Waals surface area (Å²) in [6, 6.07) is 6.56. The van der Waals surface area contributed by atoms with Crippen molar-refractivity contribution < 1.29 is 13.2 Å². The van der Waals surface area contributed by atoms with E-state index in [-0.39, 0.29) is 23.3 Å². The molecule has 1 saturated heterocycles. The summed E-state index contributed by atoms with van der Waals surface area (Å²) in [5.41, 5.74) is 0. The molecule has 0 bridgehead atoms. The minimum Gasteiger partial charge on any atom is -0.494 e. The van der Waals surface area contributed by atoms with Crippen molar-refractivity contribution in [1.82, 2.24) is 10.0 Å². The molecule has 7 heteroatoms. The number of sulfonamides is 1. The lowest BCUT2D eigenvalue weighted by Gasteiger charge is -2.23. The van der Waals surface area contributed by atoms with Crippen molar-refractivity contribution >= 4 is 22.4 Å². The molecular weight excluding hydrogens is 300 g/mol. The molecule has 5 nitrogen and oxygen atoms in total. The van der Waals surface area contributed by atoms with E-state index in [0.717, 1.165) is 19.4 Å². The number of nitrogens with one attached hydrogen (secondary N) is 2. The van der Waals surface area contributed by atoms with Crippen molar-refractivity contribution in [2.45, 2.75) is 30.7 Å². The molecule has 1 aliphatic heterocycles. The molecule has 0 spiro atoms. The van der Waals surface area contributed by atoms with Crippen LogP contribution in [0.25, 0.3) is 0 Å². The molecular formula is C13H21ClN2O3S. The lowest BCUT2D eigenvalue weighted by atomic mass is 10.1. The lowest BCUT2D eigenvalue weighted by Crippen LogP contribution is -2.45. The van der Waals surface area contributed by atoms with Gasteiger partial charge < -0.3 is 10.1 Å². The molecule has 0 aromatic heterocycles. The third kappa shape index (κ3) is 4.63. The second kappa shape index (κ2) is 7.83. The highest BCUT2D eigenvalue weighted by Crippen LogP contribution is 2.18. The van der Waals surface area contributed by atoms with Crippen molar-refractivity contribution in [1.29, 1.82) is 0 Å². The molecule has 0 amide bonds. The molecule has 0 radical (unpaired) electrons. The molecule has 2 N–H and O–H groups in total. The molecule has 1 unspecified atom stereocenters. The van der Waals surface area contributed by atoms with Gasteiger partial charge in [0.05, 0.1) is 11.5 Å². The monoisotopic (exact) mass is 320 g/mol. The average molecular weight is 321 g/mol. The van der Waals surface area contributed by atoms with Crippen LogP contribution in [0.15, 0.2) is 29.2 Å². The highest BCUT2D eigenvalue weighted by molar-refractivity contribution is 7.89. The minimum absolute atomic E-state index is 0. The van der Waals surface area contributed by atoms with E-state index in [4.69, 9.17) is 4.74 Å². The van der Waals surface area contributed by atoms with Gasteiger partial charge in [-0.05, 0) is 38.4 Å². The van der Waals surface area contributed by atoms with Crippen LogP contribution in [0.2, 0.25) is 0 Å². The van der Waals surface area contributed by atoms with Gasteiger partial charge in [0.15, 0.2) is 0 Å². The molecule has 0 saturated carbocycles. The SMILES string of the molecule is CCOc1cccc(S(=O)(=O)NC2CCCNC2)c1.Cl. The van der Waals surface area contributed by atoms with Gasteiger partial charge in [-0.3, -0.25) is 0 Å². The van der Waals surface area contributed by atoms with E-state index >= 15 is 0 Å². The third-order valence-corrected chi connectivity index (χ3v) is 4.56. The number of rotatable bonds is 5. The number of piperidine rings is 1. The number of benzene rings is 1. The molecule has 0 aliphatic carbocycles. The Morgan fingerprint density at radius 1 is 1.45 bits per heavy atom. The first-order chi connectivity index (χ1) is 9.12. The zero-order chi connectivity index (χ0) is 13.7. The van der Waals surface area contributed by atoms with Gasteiger partial charge >= 0.3 is 0 Å². The predicted molar refractivity (Wildman–Crippen MR) is 81.1 cm³/mol. The van der Waals surface area contributed by atoms with Crippen LogP contribution >= 0.6 is 12.4 Å². The molecule has 20 heavy (non-hydrogen) atoms. The van der Waals surface area contributed by atoms with E-state index in [0.29, 0.717) is 18.9 Å². The zero-order valence-electron chi connectivity index (χ0n) is 11.5. The van der Waals surface area contributed by atoms with Gasteiger partial charge in [-0.15, -0.1) is 12.4 Å². The van der Waals surface area contributed by atoms with Gasteiger partial charge in [-0.2, -0.15) is 0 Å². The Morgan fingerprint density at radius 3 is 2.90 bits per heavy atom. The molecule has 1 aromatic carbocycles. The van der Waals surface area contributed by atoms with Crippen LogP contribution in [-0.2, 0) is 10.0 Å². The first kappa shape index (κ1) is 17.2. The van der Waals surface area contributed by atoms with Crippen LogP contribution in [-0.4, -0.2) is 34.2 Å². The predicted octanol–water partition coefficient (Wildman–Crippen LogP) is 1.54. The van der Waals surface area contributed by atoms with Crippen LogP contribution in [0.5, 0.6) is 5.75 Å². The standard InChI is InChI=1S/C13H20N2O3S.ClH/c1-2-18-12-6-3-7-13(9-12)19(16,17)15-11-5-4-8-14-10-11;/h3,6-7,9,11,14-15H,2,4-5,8,10H2,1H3;1H. The van der Waals surface area contributed by atoms with Gasteiger partial charge in [0.1, 0.15) is 5.75 Å². The maximum Gasteiger partial charge on any atom is 0.240 e. The second-order valence-electron chi connectivity index (χ2n) is 4.57. The Labute approximate surface area is 126 Å². The average Bonchev–Trinajstić information content (AvgIpc) is 2.40. The first-order valence-electron chi connectivity index (χ1n) is 6.58. The largest absolute Gasteiger partial charge is 0.494 e. The highest BCUT2D eigenvalue weighted by atomic mass is 35.5. The van der Waals surface area contributed by atoms with E-state index in [1.807, 2.05) is 6.92 Å². The summed E-state index contributed by atoms with van der Waals surface area (Å²) < 4.78 is 32.6. The van der Waals surface area contributed by atoms with E-state index in [1.54, 1.807) is 24.3 Å². The van der Waals surface area contributed by atoms with Gasteiger partial charge in [0.2, 0.25) is 10.0 Å². The number of hydrogen-bond donors (Lipinski definition) is 2. The summed E-state index contributed by atoms with van der Waals surface area (Å²) in [6.45, 7) is 4.03. The van der Waals surface area contributed by atoms with Gasteiger partial charge in [-0.25, -0.2) is 13.1 Å². The fourth-order valence-electron chi connectivity index (χ4n) is 2.14. The minimum atomic E-state index is -3.47. The molecule has 2 rings (SSSR count). The highest BCUT2D eigenvalue weighted by Gasteiger charge is 2.21. The summed E-state index contributed by atoms with van der Waals surface area (Å²) in [5, 5.41) is 3.19. The van der Waals surface area contributed by atoms with E-state index < -0.39 is 10.0 Å². The molecule has 1 fully saturated rings. The van der Waals surface area contributed by atoms with E-state index in [2.05, 4.69) is 10.0 Å². The van der Waals surface area contributed by atoms with Crippen LogP contribution in [0.4, 0.5) is 0 Å². The van der Waals surface area contributed by atoms with Crippen molar-refractivity contribution in [3.05, 3.63) is 24.3 Å². The normalized spacial score (nSPS) is 19.1. The quantitative estimate of drug-likeness (QED) is 0.863. The number of ether oxygens (including phenoxy) is 1. The van der Waals surface area contributed by atoms with E-state index in [9.17, 15) is 8.42 Å². The Hall–Kier alpha value is -0.820. The van der Waals surface area contributed by atoms with Crippen LogP contribution in [0.1, 0.15) is 19.8 Å². The molecule has 114 valence electrons. The topological polar surface area (TPSA) is 67.4 Å². The Kier molecular flexibility index (Phi) is 6.75. The van der Waals surface area contributed by atoms with Gasteiger partial charge in [-0.1, -0.05) is 6.07 Å². The Morgan fingerprint density at radius 2 is 2.25 bits per heavy atom. The Balaban J connectivity index is 0.00000200. The summed E-state index contributed by atoms with van der Waals surface area (Å²) in [4.78, 5) is 0.254. The molecule has 1 aliphatic rings. The zero-order valence-corrected chi connectivity index (χ0v) is 13.1. The first-order valence-corrected chi connectivity index (χ1v) is 8.06. The molecule has 1 atom stereocenters. The lowest BCUT2D eigenvalue weighted by molar-refractivity contribution is 0.339. The fourth-order valence-corrected chi connectivity index (χ4v) is 3.44. The summed E-state index contributed by atoms with van der Waals surface area (Å²) >= 11 is 0. The number of hydrogen-bond acceptors (Lipinski definition) is 4. The third-order valence-electron chi connectivity index (χ3n) is 3.05. The van der Waals surface area contributed by atoms with Gasteiger partial charge in [0, 0.05) is 18.7 Å². The van der Waals surface area contributed by atoms with Crippen molar-refractivity contribution in [2.24, 2.45) is 0 Å². The molecule has 1 aromatic rings. The van der Waals surface area contributed by atoms with Gasteiger partial charge in [0.25, 0.3) is 0 Å². The van der Waals surface area contributed by atoms with Crippen LogP contribution < -0.4 is 14.8 Å². The van der Waals surface area contributed by atoms with Crippen LogP contribution in [0.3, 0.4) is 0 Å². The number of halogens is 1.